The number of hydrogen-bond acceptors (Lipinski definition) is 3. The topological polar surface area (TPSA) is 63.6 Å². The predicted octanol–water partition coefficient (Wildman–Crippen LogP) is -0.200. The second-order valence-electron chi connectivity index (χ2n) is 1.09. The average molecular weight is 133 g/mol. The average Bonchev–Trinajstić information content (AvgIpc) is 1.79. The molecule has 0 bridgehead atoms. The van der Waals surface area contributed by atoms with E-state index in [1.807, 2.05) is 0 Å². The molecule has 9 heavy (non-hydrogen) atoms. The summed E-state index contributed by atoms with van der Waals surface area (Å²) in [4.78, 5) is 20.3. The first-order valence-corrected chi connectivity index (χ1v) is 1.95. The lowest BCUT2D eigenvalue weighted by Gasteiger charge is -1.85. The first kappa shape index (κ1) is 3.66. The van der Waals surface area contributed by atoms with E-state index in [1.54, 1.807) is 0 Å². The number of carboxylic acids is 1. The van der Waals surface area contributed by atoms with E-state index in [0.717, 1.165) is 0 Å². The molecule has 0 aromatic carbocycles. The minimum atomic E-state index is -2.83. The van der Waals surface area contributed by atoms with Gasteiger partial charge in [0.1, 0.15) is 0 Å². The summed E-state index contributed by atoms with van der Waals surface area (Å²) in [5, 5.41) is 8.03. The van der Waals surface area contributed by atoms with Crippen LogP contribution in [0.2, 0.25) is 0 Å². The van der Waals surface area contributed by atoms with Crippen LogP contribution in [0.4, 0.5) is 0 Å². The number of hydrogen-bond donors (Lipinski definition) is 1. The van der Waals surface area contributed by atoms with Gasteiger partial charge in [0.2, 0.25) is 0 Å². The van der Waals surface area contributed by atoms with Crippen LogP contribution in [0.15, 0.2) is 12.2 Å². The summed E-state index contributed by atoms with van der Waals surface area (Å²) >= 11 is 0. The Morgan fingerprint density at radius 2 is 2.33 bits per heavy atom. The Kier molecular flexibility index (Phi) is 1.48. The van der Waals surface area contributed by atoms with Gasteiger partial charge in [-0.15, -0.1) is 0 Å². The van der Waals surface area contributed by atoms with Crippen molar-refractivity contribution in [3.63, 3.8) is 0 Å². The molecule has 0 aliphatic heterocycles. The van der Waals surface area contributed by atoms with Crippen molar-refractivity contribution in [3.8, 4) is 0 Å². The molecular weight excluding hydrogens is 124 g/mol. The van der Waals surface area contributed by atoms with Crippen LogP contribution < -0.4 is 0 Å². The molecule has 0 aliphatic carbocycles. The Labute approximate surface area is 56.0 Å². The van der Waals surface area contributed by atoms with Crippen molar-refractivity contribution < 1.29 is 23.5 Å². The number of carboxylic acid groups (broad SMARTS) is 1. The smallest absolute Gasteiger partial charge is 0.330 e. The summed E-state index contributed by atoms with van der Waals surface area (Å²) in [6.07, 6.45) is 1.02. The zero-order valence-electron chi connectivity index (χ0n) is 7.33. The summed E-state index contributed by atoms with van der Waals surface area (Å²) in [6, 6.07) is 0. The summed E-state index contributed by atoms with van der Waals surface area (Å²) < 4.78 is 23.2. The fourth-order valence-corrected chi connectivity index (χ4v) is 0.173. The van der Waals surface area contributed by atoms with E-state index in [1.165, 1.54) is 0 Å². The third kappa shape index (κ3) is 4.53. The number of esters is 1. The molecule has 0 unspecified atom stereocenters. The third-order valence-electron chi connectivity index (χ3n) is 0.463. The molecule has 0 radical (unpaired) electrons. The maximum Gasteiger partial charge on any atom is 0.330 e. The Morgan fingerprint density at radius 3 is 2.78 bits per heavy atom. The highest BCUT2D eigenvalue weighted by atomic mass is 16.5. The first-order valence-electron chi connectivity index (χ1n) is 3.45. The largest absolute Gasteiger partial charge is 0.478 e. The molecule has 0 amide bonds. The van der Waals surface area contributed by atoms with Crippen molar-refractivity contribution in [1.29, 1.82) is 0 Å². The number of methoxy groups -OCH3 is 1. The molecule has 4 nitrogen and oxygen atoms in total. The van der Waals surface area contributed by atoms with Crippen molar-refractivity contribution in [1.82, 2.24) is 0 Å². The molecule has 0 saturated heterocycles. The zero-order valence-corrected chi connectivity index (χ0v) is 4.33. The van der Waals surface area contributed by atoms with Gasteiger partial charge in [-0.1, -0.05) is 0 Å². The minimum Gasteiger partial charge on any atom is -0.478 e. The summed E-state index contributed by atoms with van der Waals surface area (Å²) in [5.74, 6) is -2.56. The molecule has 0 aliphatic rings. The Hall–Kier alpha value is -1.32. The van der Waals surface area contributed by atoms with Crippen molar-refractivity contribution in [2.24, 2.45) is 0 Å². The van der Waals surface area contributed by atoms with Crippen LogP contribution in [0, 0.1) is 0 Å². The number of carbonyl (C=O) groups is 2. The molecule has 0 heterocycles. The van der Waals surface area contributed by atoms with Gasteiger partial charge in [0.05, 0.1) is 11.2 Å². The summed E-state index contributed by atoms with van der Waals surface area (Å²) in [6.45, 7) is 0. The fourth-order valence-electron chi connectivity index (χ4n) is 0.173. The quantitative estimate of drug-likeness (QED) is 0.418. The van der Waals surface area contributed by atoms with Gasteiger partial charge in [0.15, 0.2) is 0 Å². The van der Waals surface area contributed by atoms with Crippen molar-refractivity contribution in [2.75, 3.05) is 7.04 Å². The van der Waals surface area contributed by atoms with Crippen LogP contribution in [0.1, 0.15) is 4.11 Å². The van der Waals surface area contributed by atoms with Gasteiger partial charge in [-0.3, -0.25) is 0 Å². The molecule has 0 rings (SSSR count). The second kappa shape index (κ2) is 3.65. The van der Waals surface area contributed by atoms with Crippen LogP contribution in [-0.2, 0) is 14.3 Å². The Balaban J connectivity index is 3.99. The molecule has 4 heteroatoms. The lowest BCUT2D eigenvalue weighted by atomic mass is 10.5. The van der Waals surface area contributed by atoms with E-state index in [9.17, 15) is 9.59 Å². The molecular formula is C5H6O4. The lowest BCUT2D eigenvalue weighted by molar-refractivity contribution is -0.136. The van der Waals surface area contributed by atoms with Crippen molar-refractivity contribution >= 4 is 11.9 Å². The highest BCUT2D eigenvalue weighted by Crippen LogP contribution is 1.76. The van der Waals surface area contributed by atoms with Crippen molar-refractivity contribution in [3.05, 3.63) is 12.2 Å². The Morgan fingerprint density at radius 1 is 1.67 bits per heavy atom. The summed E-state index contributed by atoms with van der Waals surface area (Å²) in [7, 11) is -2.83. The van der Waals surface area contributed by atoms with E-state index < -0.39 is 19.0 Å². The second-order valence-corrected chi connectivity index (χ2v) is 1.09. The van der Waals surface area contributed by atoms with Gasteiger partial charge >= 0.3 is 11.9 Å². The van der Waals surface area contributed by atoms with Crippen LogP contribution >= 0.6 is 0 Å². The molecule has 0 spiro atoms. The number of aliphatic carboxylic acids is 1. The SMILES string of the molecule is [2H]C([2H])([2H])OC(=O)/C=C/C(=O)O. The highest BCUT2D eigenvalue weighted by molar-refractivity contribution is 5.90. The highest BCUT2D eigenvalue weighted by Gasteiger charge is 1.91. The minimum absolute atomic E-state index is 0.494. The maximum absolute atomic E-state index is 10.4. The van der Waals surface area contributed by atoms with E-state index >= 15 is 0 Å². The van der Waals surface area contributed by atoms with E-state index in [-0.39, 0.29) is 0 Å². The normalized spacial score (nSPS) is 15.8. The maximum atomic E-state index is 10.4. The molecule has 1 N–H and O–H groups in total. The van der Waals surface area contributed by atoms with Gasteiger partial charge < -0.3 is 9.84 Å². The van der Waals surface area contributed by atoms with Crippen LogP contribution in [0.5, 0.6) is 0 Å². The van der Waals surface area contributed by atoms with Gasteiger partial charge in [-0.05, 0) is 0 Å². The molecule has 0 aromatic heterocycles. The van der Waals surface area contributed by atoms with Gasteiger partial charge in [0.25, 0.3) is 0 Å². The number of rotatable bonds is 2. The predicted molar refractivity (Wildman–Crippen MR) is 28.8 cm³/mol. The molecule has 0 saturated carbocycles. The zero-order chi connectivity index (χ0) is 9.78. The van der Waals surface area contributed by atoms with E-state index in [2.05, 4.69) is 4.74 Å². The lowest BCUT2D eigenvalue weighted by Crippen LogP contribution is -1.96. The number of ether oxygens (including phenoxy) is 1. The first-order chi connectivity index (χ1) is 5.31. The van der Waals surface area contributed by atoms with Crippen LogP contribution in [0.25, 0.3) is 0 Å². The van der Waals surface area contributed by atoms with Crippen LogP contribution in [0.3, 0.4) is 0 Å². The van der Waals surface area contributed by atoms with E-state index in [4.69, 9.17) is 9.22 Å². The number of carbonyl (C=O) groups excluding carboxylic acids is 1. The molecule has 0 aromatic rings. The molecule has 0 fully saturated rings. The van der Waals surface area contributed by atoms with Crippen LogP contribution in [-0.4, -0.2) is 24.1 Å². The monoisotopic (exact) mass is 133 g/mol. The van der Waals surface area contributed by atoms with Crippen molar-refractivity contribution in [2.45, 2.75) is 0 Å². The van der Waals surface area contributed by atoms with Gasteiger partial charge in [0, 0.05) is 12.2 Å². The van der Waals surface area contributed by atoms with Gasteiger partial charge in [-0.2, -0.15) is 0 Å². The molecule has 0 atom stereocenters. The molecule has 50 valence electrons. The summed E-state index contributed by atoms with van der Waals surface area (Å²) in [5.41, 5.74) is 0. The standard InChI is InChI=1S/C5H6O4/c1-9-5(8)3-2-4(6)7/h2-3H,1H3,(H,6,7)/b3-2+/i1D3. The van der Waals surface area contributed by atoms with E-state index in [0.29, 0.717) is 12.2 Å². The third-order valence-corrected chi connectivity index (χ3v) is 0.463. The Bertz CT molecular complexity index is 217. The fraction of sp³-hybridized carbons (Fsp3) is 0.200. The van der Waals surface area contributed by atoms with Gasteiger partial charge in [-0.25, -0.2) is 9.59 Å².